The van der Waals surface area contributed by atoms with Crippen LogP contribution in [0.3, 0.4) is 0 Å². The summed E-state index contributed by atoms with van der Waals surface area (Å²) in [5.74, 6) is -0.795. The first kappa shape index (κ1) is 10.7. The number of rotatable bonds is 4. The molecule has 0 amide bonds. The molecule has 0 saturated carbocycles. The fourth-order valence-electron chi connectivity index (χ4n) is 0.675. The van der Waals surface area contributed by atoms with E-state index >= 15 is 0 Å². The van der Waals surface area contributed by atoms with Crippen molar-refractivity contribution in [3.8, 4) is 11.9 Å². The van der Waals surface area contributed by atoms with Gasteiger partial charge < -0.3 is 14.6 Å². The average Bonchev–Trinajstić information content (AvgIpc) is 2.16. The van der Waals surface area contributed by atoms with Gasteiger partial charge in [0.25, 0.3) is 0 Å². The SMILES string of the molecule is COc1nc(OCC(=O)O)ncc1Br. The smallest absolute Gasteiger partial charge is 0.341 e. The summed E-state index contributed by atoms with van der Waals surface area (Å²) in [6.07, 6.45) is 1.42. The van der Waals surface area contributed by atoms with Crippen LogP contribution in [0.4, 0.5) is 0 Å². The summed E-state index contributed by atoms with van der Waals surface area (Å²) in [5, 5.41) is 8.33. The minimum atomic E-state index is -1.09. The van der Waals surface area contributed by atoms with E-state index in [-0.39, 0.29) is 6.01 Å². The highest BCUT2D eigenvalue weighted by Crippen LogP contribution is 2.22. The maximum atomic E-state index is 10.2. The third-order valence-electron chi connectivity index (χ3n) is 1.21. The van der Waals surface area contributed by atoms with Crippen LogP contribution in [0.25, 0.3) is 0 Å². The van der Waals surface area contributed by atoms with Crippen molar-refractivity contribution in [3.05, 3.63) is 10.7 Å². The van der Waals surface area contributed by atoms with Crippen LogP contribution in [0.15, 0.2) is 10.7 Å². The molecular weight excluding hydrogens is 256 g/mol. The minimum Gasteiger partial charge on any atom is -0.480 e. The van der Waals surface area contributed by atoms with Gasteiger partial charge in [-0.05, 0) is 15.9 Å². The molecule has 1 heterocycles. The van der Waals surface area contributed by atoms with Crippen LogP contribution in [0.1, 0.15) is 0 Å². The summed E-state index contributed by atoms with van der Waals surface area (Å²) in [6, 6.07) is -0.0348. The lowest BCUT2D eigenvalue weighted by Crippen LogP contribution is -2.11. The number of hydrogen-bond donors (Lipinski definition) is 1. The van der Waals surface area contributed by atoms with Gasteiger partial charge in [-0.3, -0.25) is 0 Å². The summed E-state index contributed by atoms with van der Waals surface area (Å²) in [4.78, 5) is 17.7. The number of aliphatic carboxylic acids is 1. The summed E-state index contributed by atoms with van der Waals surface area (Å²) in [7, 11) is 1.44. The molecule has 76 valence electrons. The lowest BCUT2D eigenvalue weighted by molar-refractivity contribution is -0.139. The lowest BCUT2D eigenvalue weighted by atomic mass is 10.6. The van der Waals surface area contributed by atoms with Crippen molar-refractivity contribution >= 4 is 21.9 Å². The van der Waals surface area contributed by atoms with Crippen molar-refractivity contribution in [2.75, 3.05) is 13.7 Å². The first-order chi connectivity index (χ1) is 6.63. The van der Waals surface area contributed by atoms with Crippen molar-refractivity contribution in [3.63, 3.8) is 0 Å². The Bertz CT molecular complexity index is 344. The molecule has 0 atom stereocenters. The van der Waals surface area contributed by atoms with Gasteiger partial charge in [0.2, 0.25) is 5.88 Å². The van der Waals surface area contributed by atoms with Crippen LogP contribution in [-0.2, 0) is 4.79 Å². The summed E-state index contributed by atoms with van der Waals surface area (Å²) < 4.78 is 10.2. The van der Waals surface area contributed by atoms with E-state index in [0.717, 1.165) is 0 Å². The normalized spacial score (nSPS) is 9.57. The molecule has 0 aromatic carbocycles. The van der Waals surface area contributed by atoms with Crippen LogP contribution >= 0.6 is 15.9 Å². The van der Waals surface area contributed by atoms with E-state index in [2.05, 4.69) is 25.9 Å². The van der Waals surface area contributed by atoms with Gasteiger partial charge in [0, 0.05) is 0 Å². The first-order valence-electron chi connectivity index (χ1n) is 3.54. The second kappa shape index (κ2) is 4.75. The van der Waals surface area contributed by atoms with E-state index in [1.807, 2.05) is 0 Å². The van der Waals surface area contributed by atoms with Gasteiger partial charge in [0.1, 0.15) is 0 Å². The zero-order valence-electron chi connectivity index (χ0n) is 7.23. The van der Waals surface area contributed by atoms with E-state index in [4.69, 9.17) is 14.6 Å². The molecule has 1 aromatic rings. The molecule has 7 heteroatoms. The largest absolute Gasteiger partial charge is 0.480 e. The molecular formula is C7H7BrN2O4. The predicted octanol–water partition coefficient (Wildman–Crippen LogP) is 0.711. The predicted molar refractivity (Wildman–Crippen MR) is 49.4 cm³/mol. The van der Waals surface area contributed by atoms with Gasteiger partial charge in [-0.15, -0.1) is 0 Å². The van der Waals surface area contributed by atoms with E-state index in [1.54, 1.807) is 0 Å². The van der Waals surface area contributed by atoms with E-state index in [1.165, 1.54) is 13.3 Å². The third-order valence-corrected chi connectivity index (χ3v) is 1.75. The fraction of sp³-hybridized carbons (Fsp3) is 0.286. The van der Waals surface area contributed by atoms with E-state index in [9.17, 15) is 4.79 Å². The maximum Gasteiger partial charge on any atom is 0.341 e. The summed E-state index contributed by atoms with van der Waals surface area (Å²) >= 11 is 3.15. The Kier molecular flexibility index (Phi) is 3.63. The van der Waals surface area contributed by atoms with Gasteiger partial charge in [-0.1, -0.05) is 0 Å². The number of aromatic nitrogens is 2. The van der Waals surface area contributed by atoms with Crippen molar-refractivity contribution in [2.24, 2.45) is 0 Å². The number of hydrogen-bond acceptors (Lipinski definition) is 5. The van der Waals surface area contributed by atoms with Crippen molar-refractivity contribution in [2.45, 2.75) is 0 Å². The zero-order chi connectivity index (χ0) is 10.6. The standard InChI is InChI=1S/C7H7BrN2O4/c1-13-6-4(8)2-9-7(10-6)14-3-5(11)12/h2H,3H2,1H3,(H,11,12). The lowest BCUT2D eigenvalue weighted by Gasteiger charge is -2.04. The molecule has 0 saturated heterocycles. The topological polar surface area (TPSA) is 81.5 Å². The fourth-order valence-corrected chi connectivity index (χ4v) is 1.03. The molecule has 0 unspecified atom stereocenters. The Labute approximate surface area is 88.0 Å². The molecule has 0 aliphatic carbocycles. The van der Waals surface area contributed by atoms with Crippen LogP contribution in [0.2, 0.25) is 0 Å². The van der Waals surface area contributed by atoms with E-state index < -0.39 is 12.6 Å². The molecule has 1 N–H and O–H groups in total. The maximum absolute atomic E-state index is 10.2. The monoisotopic (exact) mass is 262 g/mol. The highest BCUT2D eigenvalue weighted by atomic mass is 79.9. The van der Waals surface area contributed by atoms with Gasteiger partial charge in [0.15, 0.2) is 6.61 Å². The second-order valence-electron chi connectivity index (χ2n) is 2.19. The number of ether oxygens (including phenoxy) is 2. The number of carboxylic acid groups (broad SMARTS) is 1. The van der Waals surface area contributed by atoms with E-state index in [0.29, 0.717) is 10.4 Å². The Morgan fingerprint density at radius 1 is 1.71 bits per heavy atom. The minimum absolute atomic E-state index is 0.0348. The van der Waals surface area contributed by atoms with Crippen LogP contribution < -0.4 is 9.47 Å². The van der Waals surface area contributed by atoms with Gasteiger partial charge >= 0.3 is 12.0 Å². The van der Waals surface area contributed by atoms with Crippen LogP contribution in [0.5, 0.6) is 11.9 Å². The quantitative estimate of drug-likeness (QED) is 0.861. The second-order valence-corrected chi connectivity index (χ2v) is 3.05. The molecule has 14 heavy (non-hydrogen) atoms. The number of carboxylic acids is 1. The van der Waals surface area contributed by atoms with Gasteiger partial charge in [-0.25, -0.2) is 9.78 Å². The Morgan fingerprint density at radius 2 is 2.43 bits per heavy atom. The first-order valence-corrected chi connectivity index (χ1v) is 4.34. The highest BCUT2D eigenvalue weighted by Gasteiger charge is 2.07. The molecule has 0 radical (unpaired) electrons. The Morgan fingerprint density at radius 3 is 3.00 bits per heavy atom. The van der Waals surface area contributed by atoms with Gasteiger partial charge in [0.05, 0.1) is 17.8 Å². The molecule has 0 aliphatic rings. The molecule has 0 fully saturated rings. The highest BCUT2D eigenvalue weighted by molar-refractivity contribution is 9.10. The number of methoxy groups -OCH3 is 1. The van der Waals surface area contributed by atoms with Crippen molar-refractivity contribution in [1.82, 2.24) is 9.97 Å². The number of nitrogens with zero attached hydrogens (tertiary/aromatic N) is 2. The van der Waals surface area contributed by atoms with Crippen LogP contribution in [0, 0.1) is 0 Å². The molecule has 6 nitrogen and oxygen atoms in total. The third kappa shape index (κ3) is 2.84. The van der Waals surface area contributed by atoms with Crippen molar-refractivity contribution < 1.29 is 19.4 Å². The average molecular weight is 263 g/mol. The Balaban J connectivity index is 2.74. The van der Waals surface area contributed by atoms with Crippen LogP contribution in [-0.4, -0.2) is 34.8 Å². The number of carbonyl (C=O) groups is 1. The van der Waals surface area contributed by atoms with Gasteiger partial charge in [-0.2, -0.15) is 4.98 Å². The molecule has 0 bridgehead atoms. The Hall–Kier alpha value is -1.37. The number of halogens is 1. The zero-order valence-corrected chi connectivity index (χ0v) is 8.81. The summed E-state index contributed by atoms with van der Waals surface area (Å²) in [5.41, 5.74) is 0. The summed E-state index contributed by atoms with van der Waals surface area (Å²) in [6.45, 7) is -0.481. The van der Waals surface area contributed by atoms with Crippen molar-refractivity contribution in [1.29, 1.82) is 0 Å². The molecule has 0 spiro atoms. The molecule has 0 aliphatic heterocycles. The molecule has 1 aromatic heterocycles. The molecule has 1 rings (SSSR count).